The average Bonchev–Trinajstić information content (AvgIpc) is 2.96. The van der Waals surface area contributed by atoms with Gasteiger partial charge in [-0.15, -0.1) is 0 Å². The summed E-state index contributed by atoms with van der Waals surface area (Å²) in [6.45, 7) is 9.15. The third-order valence-electron chi connectivity index (χ3n) is 6.38. The lowest BCUT2D eigenvalue weighted by Crippen LogP contribution is -2.07. The van der Waals surface area contributed by atoms with E-state index < -0.39 is 5.97 Å². The largest absolute Gasteiger partial charge is 0.461 e. The van der Waals surface area contributed by atoms with Crippen LogP contribution in [0.15, 0.2) is 85.8 Å². The van der Waals surface area contributed by atoms with Crippen molar-refractivity contribution in [1.82, 2.24) is 0 Å². The zero-order chi connectivity index (χ0) is 28.9. The van der Waals surface area contributed by atoms with Gasteiger partial charge in [-0.3, -0.25) is 4.79 Å². The Labute approximate surface area is 236 Å². The summed E-state index contributed by atoms with van der Waals surface area (Å²) < 4.78 is 16.5. The topological polar surface area (TPSA) is 82.1 Å². The van der Waals surface area contributed by atoms with Crippen LogP contribution in [0.3, 0.4) is 0 Å². The minimum atomic E-state index is -0.562. The van der Waals surface area contributed by atoms with Gasteiger partial charge in [0, 0.05) is 18.2 Å². The molecule has 40 heavy (non-hydrogen) atoms. The van der Waals surface area contributed by atoms with Gasteiger partial charge in [-0.2, -0.15) is 0 Å². The van der Waals surface area contributed by atoms with Crippen molar-refractivity contribution in [3.05, 3.63) is 97.0 Å². The van der Waals surface area contributed by atoms with Gasteiger partial charge in [-0.1, -0.05) is 88.7 Å². The van der Waals surface area contributed by atoms with E-state index in [1.165, 1.54) is 37.4 Å². The molecule has 0 unspecified atom stereocenters. The number of benzene rings is 3. The van der Waals surface area contributed by atoms with Crippen LogP contribution in [0.4, 0.5) is 0 Å². The maximum atomic E-state index is 12.2. The normalized spacial score (nSPS) is 11.0. The number of hydrogen-bond acceptors (Lipinski definition) is 6. The van der Waals surface area contributed by atoms with E-state index in [4.69, 9.17) is 14.2 Å². The molecule has 6 nitrogen and oxygen atoms in total. The first kappa shape index (κ1) is 30.4. The number of ether oxygens (including phenoxy) is 3. The summed E-state index contributed by atoms with van der Waals surface area (Å²) in [5.41, 5.74) is 5.44. The molecule has 210 valence electrons. The molecule has 0 atom stereocenters. The fourth-order valence-electron chi connectivity index (χ4n) is 4.11. The summed E-state index contributed by atoms with van der Waals surface area (Å²) in [5, 5.41) is 9.51. The number of unbranched alkanes of at least 4 members (excludes halogenated alkanes) is 2. The number of esters is 2. The number of aliphatic hydroxyl groups excluding tert-OH is 1. The maximum Gasteiger partial charge on any atom is 0.335 e. The first-order valence-corrected chi connectivity index (χ1v) is 13.7. The number of carbonyl (C=O) groups is 2. The molecule has 0 amide bonds. The lowest BCUT2D eigenvalue weighted by atomic mass is 9.96. The molecule has 6 heteroatoms. The van der Waals surface area contributed by atoms with E-state index in [2.05, 4.69) is 37.8 Å². The van der Waals surface area contributed by atoms with Gasteiger partial charge in [0.05, 0.1) is 5.92 Å². The molecule has 0 aromatic heterocycles. The number of aryl methyl sites for hydroxylation is 1. The third kappa shape index (κ3) is 8.68. The van der Waals surface area contributed by atoms with E-state index in [0.29, 0.717) is 23.5 Å². The van der Waals surface area contributed by atoms with Crippen molar-refractivity contribution in [2.75, 3.05) is 6.61 Å². The van der Waals surface area contributed by atoms with Crippen LogP contribution in [0.1, 0.15) is 51.2 Å². The van der Waals surface area contributed by atoms with Crippen LogP contribution in [0.5, 0.6) is 11.5 Å². The second-order valence-electron chi connectivity index (χ2n) is 9.77. The highest BCUT2D eigenvalue weighted by atomic mass is 16.5. The molecule has 0 heterocycles. The number of aliphatic hydroxyl groups is 1. The van der Waals surface area contributed by atoms with Crippen molar-refractivity contribution in [2.45, 2.75) is 52.9 Å². The van der Waals surface area contributed by atoms with Gasteiger partial charge in [0.15, 0.2) is 0 Å². The van der Waals surface area contributed by atoms with Gasteiger partial charge >= 0.3 is 11.9 Å². The predicted molar refractivity (Wildman–Crippen MR) is 158 cm³/mol. The first-order chi connectivity index (χ1) is 19.4. The maximum absolute atomic E-state index is 12.2. The Morgan fingerprint density at radius 1 is 0.875 bits per heavy atom. The Hall–Kier alpha value is -4.16. The van der Waals surface area contributed by atoms with Crippen molar-refractivity contribution in [2.24, 2.45) is 5.92 Å². The van der Waals surface area contributed by atoms with E-state index >= 15 is 0 Å². The van der Waals surface area contributed by atoms with E-state index in [1.807, 2.05) is 30.3 Å². The molecule has 1 N–H and O–H groups in total. The average molecular weight is 543 g/mol. The van der Waals surface area contributed by atoms with Crippen molar-refractivity contribution >= 4 is 11.9 Å². The molecular formula is C34H38O6. The quantitative estimate of drug-likeness (QED) is 0.0750. The minimum absolute atomic E-state index is 0.0595. The van der Waals surface area contributed by atoms with Crippen molar-refractivity contribution in [3.8, 4) is 33.8 Å². The molecule has 0 saturated carbocycles. The zero-order valence-electron chi connectivity index (χ0n) is 23.5. The first-order valence-electron chi connectivity index (χ1n) is 13.7. The number of rotatable bonds is 14. The Balaban J connectivity index is 1.93. The summed E-state index contributed by atoms with van der Waals surface area (Å²) in [6.07, 6.45) is 8.63. The van der Waals surface area contributed by atoms with Gasteiger partial charge < -0.3 is 19.3 Å². The Bertz CT molecular complexity index is 1320. The summed E-state index contributed by atoms with van der Waals surface area (Å²) >= 11 is 0. The number of hydrogen-bond donors (Lipinski definition) is 1. The van der Waals surface area contributed by atoms with Crippen molar-refractivity contribution in [1.29, 1.82) is 0 Å². The van der Waals surface area contributed by atoms with Crippen LogP contribution in [0, 0.1) is 5.92 Å². The highest BCUT2D eigenvalue weighted by molar-refractivity contribution is 5.87. The van der Waals surface area contributed by atoms with Gasteiger partial charge in [0.25, 0.3) is 0 Å². The van der Waals surface area contributed by atoms with Crippen LogP contribution in [0.2, 0.25) is 0 Å². The molecule has 0 radical (unpaired) electrons. The van der Waals surface area contributed by atoms with Crippen molar-refractivity contribution in [3.63, 3.8) is 0 Å². The highest BCUT2D eigenvalue weighted by Gasteiger charge is 2.14. The molecular weight excluding hydrogens is 504 g/mol. The molecule has 3 aromatic carbocycles. The van der Waals surface area contributed by atoms with E-state index in [-0.39, 0.29) is 18.5 Å². The zero-order valence-corrected chi connectivity index (χ0v) is 23.5. The second kappa shape index (κ2) is 15.4. The van der Waals surface area contributed by atoms with Crippen LogP contribution in [-0.4, -0.2) is 23.7 Å². The summed E-state index contributed by atoms with van der Waals surface area (Å²) in [5.74, 6) is -0.331. The lowest BCUT2D eigenvalue weighted by Gasteiger charge is -2.15. The molecule has 0 bridgehead atoms. The SMILES string of the molecule is C=CC(=O)Oc1cc(-c2ccc(CCCCC)cc2)ccc1-c1ccc(CCO)c(O/C=C/OC(=O)C(C)C)c1. The molecule has 0 aliphatic carbocycles. The van der Waals surface area contributed by atoms with Crippen molar-refractivity contribution < 1.29 is 28.9 Å². The van der Waals surface area contributed by atoms with Crippen LogP contribution in [0.25, 0.3) is 22.3 Å². The van der Waals surface area contributed by atoms with E-state index in [1.54, 1.807) is 19.9 Å². The van der Waals surface area contributed by atoms with Crippen LogP contribution in [-0.2, 0) is 27.2 Å². The molecule has 3 rings (SSSR count). The van der Waals surface area contributed by atoms with E-state index in [0.717, 1.165) is 34.8 Å². The van der Waals surface area contributed by atoms with Gasteiger partial charge in [0.2, 0.25) is 0 Å². The molecule has 0 saturated heterocycles. The summed E-state index contributed by atoms with van der Waals surface area (Å²) in [4.78, 5) is 23.9. The van der Waals surface area contributed by atoms with Crippen LogP contribution < -0.4 is 9.47 Å². The van der Waals surface area contributed by atoms with Gasteiger partial charge in [-0.25, -0.2) is 4.79 Å². The van der Waals surface area contributed by atoms with Crippen LogP contribution >= 0.6 is 0 Å². The highest BCUT2D eigenvalue weighted by Crippen LogP contribution is 2.37. The standard InChI is InChI=1S/C34H38O6/c1-5-7-8-9-25-10-12-26(13-11-25)28-16-17-30(32(22-28)40-33(36)6-2)29-15-14-27(18-19-35)31(23-29)38-20-21-39-34(37)24(3)4/h6,10-17,20-24,35H,2,5,7-9,18-19H2,1,3-4H3/b21-20+. The smallest absolute Gasteiger partial charge is 0.335 e. The molecule has 0 aliphatic heterocycles. The van der Waals surface area contributed by atoms with Gasteiger partial charge in [-0.05, 0) is 59.2 Å². The van der Waals surface area contributed by atoms with Gasteiger partial charge in [0.1, 0.15) is 24.0 Å². The molecule has 0 fully saturated rings. The number of carbonyl (C=O) groups excluding carboxylic acids is 2. The fraction of sp³-hybridized carbons (Fsp3) is 0.294. The van der Waals surface area contributed by atoms with E-state index in [9.17, 15) is 14.7 Å². The second-order valence-corrected chi connectivity index (χ2v) is 9.77. The Morgan fingerprint density at radius 2 is 1.57 bits per heavy atom. The third-order valence-corrected chi connectivity index (χ3v) is 6.38. The lowest BCUT2D eigenvalue weighted by molar-refractivity contribution is -0.141. The molecule has 0 aliphatic rings. The minimum Gasteiger partial charge on any atom is -0.461 e. The summed E-state index contributed by atoms with van der Waals surface area (Å²) in [7, 11) is 0. The monoisotopic (exact) mass is 542 g/mol. The Kier molecular flexibility index (Phi) is 11.7. The Morgan fingerprint density at radius 3 is 2.25 bits per heavy atom. The molecule has 0 spiro atoms. The fourth-order valence-corrected chi connectivity index (χ4v) is 4.11. The molecule has 3 aromatic rings. The summed E-state index contributed by atoms with van der Waals surface area (Å²) in [6, 6.07) is 19.7. The predicted octanol–water partition coefficient (Wildman–Crippen LogP) is 7.43.